The zero-order valence-corrected chi connectivity index (χ0v) is 10.8. The lowest BCUT2D eigenvalue weighted by Crippen LogP contribution is -2.39. The van der Waals surface area contributed by atoms with Gasteiger partial charge in [-0.2, -0.15) is 0 Å². The summed E-state index contributed by atoms with van der Waals surface area (Å²) in [7, 11) is 3.60. The largest absolute Gasteiger partial charge is 0.497 e. The van der Waals surface area contributed by atoms with Crippen molar-refractivity contribution in [3.63, 3.8) is 0 Å². The van der Waals surface area contributed by atoms with Crippen LogP contribution in [0.25, 0.3) is 0 Å². The molecule has 1 spiro atoms. The molecular formula is C14H18N2O2. The van der Waals surface area contributed by atoms with Crippen LogP contribution in [0.5, 0.6) is 5.75 Å². The van der Waals surface area contributed by atoms with E-state index in [4.69, 9.17) is 14.5 Å². The first kappa shape index (κ1) is 11.5. The molecule has 0 saturated heterocycles. The van der Waals surface area contributed by atoms with Crippen molar-refractivity contribution >= 4 is 5.84 Å². The van der Waals surface area contributed by atoms with Crippen LogP contribution in [0.1, 0.15) is 17.5 Å². The molecule has 1 aliphatic carbocycles. The van der Waals surface area contributed by atoms with E-state index >= 15 is 0 Å². The van der Waals surface area contributed by atoms with E-state index in [9.17, 15) is 0 Å². The Balaban J connectivity index is 2.03. The van der Waals surface area contributed by atoms with Gasteiger partial charge in [-0.05, 0) is 36.1 Å². The summed E-state index contributed by atoms with van der Waals surface area (Å²) in [5.74, 6) is 1.85. The smallest absolute Gasteiger partial charge is 0.123 e. The average molecular weight is 246 g/mol. The molecule has 1 aliphatic heterocycles. The Kier molecular flexibility index (Phi) is 2.74. The lowest BCUT2D eigenvalue weighted by Gasteiger charge is -2.31. The minimum Gasteiger partial charge on any atom is -0.497 e. The van der Waals surface area contributed by atoms with Crippen molar-refractivity contribution in [1.29, 1.82) is 0 Å². The van der Waals surface area contributed by atoms with E-state index in [-0.39, 0.29) is 5.54 Å². The van der Waals surface area contributed by atoms with E-state index in [0.29, 0.717) is 13.2 Å². The minimum absolute atomic E-state index is 0.182. The quantitative estimate of drug-likeness (QED) is 0.816. The molecule has 1 heterocycles. The highest BCUT2D eigenvalue weighted by Crippen LogP contribution is 2.42. The number of likely N-dealkylation sites (N-methyl/N-ethyl adjacent to an activating group) is 1. The number of aryl methyl sites for hydroxylation is 1. The first-order valence-corrected chi connectivity index (χ1v) is 6.29. The van der Waals surface area contributed by atoms with Crippen LogP contribution in [-0.4, -0.2) is 33.2 Å². The summed E-state index contributed by atoms with van der Waals surface area (Å²) < 4.78 is 11.0. The van der Waals surface area contributed by atoms with Crippen LogP contribution < -0.4 is 10.1 Å². The van der Waals surface area contributed by atoms with Crippen molar-refractivity contribution in [2.75, 3.05) is 27.4 Å². The zero-order valence-electron chi connectivity index (χ0n) is 10.8. The number of amidine groups is 1. The van der Waals surface area contributed by atoms with Crippen molar-refractivity contribution in [2.24, 2.45) is 4.99 Å². The fourth-order valence-electron chi connectivity index (χ4n) is 2.87. The van der Waals surface area contributed by atoms with Gasteiger partial charge in [0.05, 0.1) is 13.7 Å². The highest BCUT2D eigenvalue weighted by Gasteiger charge is 2.41. The third kappa shape index (κ3) is 1.68. The highest BCUT2D eigenvalue weighted by atomic mass is 16.5. The van der Waals surface area contributed by atoms with Crippen molar-refractivity contribution < 1.29 is 9.47 Å². The summed E-state index contributed by atoms with van der Waals surface area (Å²) in [6, 6.07) is 6.26. The number of ether oxygens (including phenoxy) is 2. The molecule has 0 saturated carbocycles. The van der Waals surface area contributed by atoms with Gasteiger partial charge < -0.3 is 14.8 Å². The van der Waals surface area contributed by atoms with Crippen LogP contribution in [-0.2, 0) is 16.7 Å². The second kappa shape index (κ2) is 4.28. The highest BCUT2D eigenvalue weighted by molar-refractivity contribution is 5.84. The maximum atomic E-state index is 5.70. The molecule has 3 rings (SSSR count). The lowest BCUT2D eigenvalue weighted by molar-refractivity contribution is 0.0966. The molecule has 1 N–H and O–H groups in total. The van der Waals surface area contributed by atoms with Crippen LogP contribution in [0.3, 0.4) is 0 Å². The minimum atomic E-state index is -0.182. The zero-order chi connectivity index (χ0) is 12.6. The number of hydrogen-bond donors (Lipinski definition) is 1. The Morgan fingerprint density at radius 2 is 2.33 bits per heavy atom. The standard InChI is InChI=1S/C14H18N2O2/c1-15-13-8-18-9-14(16-13)6-5-10-7-11(17-2)3-4-12(10)14/h3-4,7H,5-6,8-9H2,1-2H3,(H,15,16). The van der Waals surface area contributed by atoms with Gasteiger partial charge >= 0.3 is 0 Å². The topological polar surface area (TPSA) is 42.9 Å². The second-order valence-corrected chi connectivity index (χ2v) is 4.86. The van der Waals surface area contributed by atoms with Crippen molar-refractivity contribution in [1.82, 2.24) is 5.32 Å². The molecule has 1 aromatic carbocycles. The number of fused-ring (bicyclic) bond motifs is 2. The Bertz CT molecular complexity index is 499. The van der Waals surface area contributed by atoms with E-state index in [1.807, 2.05) is 13.1 Å². The number of benzene rings is 1. The van der Waals surface area contributed by atoms with Crippen molar-refractivity contribution in [3.8, 4) is 5.75 Å². The summed E-state index contributed by atoms with van der Waals surface area (Å²) in [4.78, 5) is 4.87. The average Bonchev–Trinajstić information content (AvgIpc) is 2.77. The summed E-state index contributed by atoms with van der Waals surface area (Å²) >= 11 is 0. The van der Waals surface area contributed by atoms with E-state index in [0.717, 1.165) is 24.4 Å². The first-order chi connectivity index (χ1) is 8.77. The van der Waals surface area contributed by atoms with Gasteiger partial charge in [0.15, 0.2) is 0 Å². The fraction of sp³-hybridized carbons (Fsp3) is 0.500. The molecule has 4 nitrogen and oxygen atoms in total. The van der Waals surface area contributed by atoms with Gasteiger partial charge in [-0.1, -0.05) is 6.07 Å². The second-order valence-electron chi connectivity index (χ2n) is 4.86. The molecule has 18 heavy (non-hydrogen) atoms. The van der Waals surface area contributed by atoms with E-state index < -0.39 is 0 Å². The molecule has 1 unspecified atom stereocenters. The van der Waals surface area contributed by atoms with Gasteiger partial charge in [0.1, 0.15) is 23.7 Å². The van der Waals surface area contributed by atoms with Gasteiger partial charge in [-0.3, -0.25) is 4.99 Å². The molecular weight excluding hydrogens is 228 g/mol. The molecule has 4 heteroatoms. The molecule has 0 radical (unpaired) electrons. The molecule has 1 aromatic rings. The van der Waals surface area contributed by atoms with Gasteiger partial charge in [-0.25, -0.2) is 0 Å². The Labute approximate surface area is 107 Å². The van der Waals surface area contributed by atoms with E-state index in [1.165, 1.54) is 11.1 Å². The summed E-state index contributed by atoms with van der Waals surface area (Å²) in [5, 5.41) is 3.11. The molecule has 0 bridgehead atoms. The number of nitrogens with zero attached hydrogens (tertiary/aromatic N) is 1. The lowest BCUT2D eigenvalue weighted by atomic mass is 9.92. The van der Waals surface area contributed by atoms with Crippen LogP contribution >= 0.6 is 0 Å². The maximum absolute atomic E-state index is 5.70. The summed E-state index contributed by atoms with van der Waals surface area (Å²) in [6.45, 7) is 1.27. The molecule has 0 amide bonds. The van der Waals surface area contributed by atoms with Crippen LogP contribution in [0.2, 0.25) is 0 Å². The number of aliphatic imine (C=N–C) groups is 1. The number of rotatable bonds is 1. The third-order valence-corrected chi connectivity index (χ3v) is 3.84. The summed E-state index contributed by atoms with van der Waals surface area (Å²) in [6.07, 6.45) is 2.05. The molecule has 0 fully saturated rings. The molecule has 0 aromatic heterocycles. The number of nitrogens with one attached hydrogen (secondary N) is 1. The van der Waals surface area contributed by atoms with E-state index in [1.54, 1.807) is 7.11 Å². The van der Waals surface area contributed by atoms with Gasteiger partial charge in [0.2, 0.25) is 0 Å². The number of methoxy groups -OCH3 is 1. The SMILES string of the molecule is CNC1=NC2(CCc3cc(OC)ccc32)COC1. The van der Waals surface area contributed by atoms with E-state index in [2.05, 4.69) is 17.4 Å². The predicted molar refractivity (Wildman–Crippen MR) is 70.3 cm³/mol. The van der Waals surface area contributed by atoms with Gasteiger partial charge in [0.25, 0.3) is 0 Å². The van der Waals surface area contributed by atoms with Gasteiger partial charge in [-0.15, -0.1) is 0 Å². The maximum Gasteiger partial charge on any atom is 0.123 e. The third-order valence-electron chi connectivity index (χ3n) is 3.84. The molecule has 96 valence electrons. The number of hydrogen-bond acceptors (Lipinski definition) is 4. The van der Waals surface area contributed by atoms with Crippen LogP contribution in [0.4, 0.5) is 0 Å². The van der Waals surface area contributed by atoms with Crippen molar-refractivity contribution in [3.05, 3.63) is 29.3 Å². The predicted octanol–water partition coefficient (Wildman–Crippen LogP) is 1.48. The monoisotopic (exact) mass is 246 g/mol. The Morgan fingerprint density at radius 3 is 3.11 bits per heavy atom. The fourth-order valence-corrected chi connectivity index (χ4v) is 2.87. The Hall–Kier alpha value is -1.55. The first-order valence-electron chi connectivity index (χ1n) is 6.29. The van der Waals surface area contributed by atoms with Crippen LogP contribution in [0, 0.1) is 0 Å². The Morgan fingerprint density at radius 1 is 1.44 bits per heavy atom. The van der Waals surface area contributed by atoms with Crippen molar-refractivity contribution in [2.45, 2.75) is 18.4 Å². The molecule has 1 atom stereocenters. The van der Waals surface area contributed by atoms with Gasteiger partial charge in [0, 0.05) is 7.05 Å². The van der Waals surface area contributed by atoms with Crippen LogP contribution in [0.15, 0.2) is 23.2 Å². The molecule has 2 aliphatic rings. The summed E-state index contributed by atoms with van der Waals surface area (Å²) in [5.41, 5.74) is 2.44. The normalized spacial score (nSPS) is 25.8.